The molecule has 4 aromatic heterocycles. The number of piperidine rings is 2. The molecule has 0 radical (unpaired) electrons. The van der Waals surface area contributed by atoms with Crippen molar-refractivity contribution in [3.8, 4) is 23.0 Å². The summed E-state index contributed by atoms with van der Waals surface area (Å²) in [6.07, 6.45) is 7.72. The average molecular weight is 1030 g/mol. The molecule has 6 aromatic rings. The first-order valence-corrected chi connectivity index (χ1v) is 24.2. The van der Waals surface area contributed by atoms with E-state index in [4.69, 9.17) is 55.9 Å². The van der Waals surface area contributed by atoms with Crippen molar-refractivity contribution in [3.63, 3.8) is 0 Å². The molecule has 0 saturated carbocycles. The first kappa shape index (κ1) is 54.8. The zero-order valence-corrected chi connectivity index (χ0v) is 43.1. The van der Waals surface area contributed by atoms with Crippen LogP contribution in [-0.2, 0) is 9.59 Å². The topological polar surface area (TPSA) is 196 Å². The van der Waals surface area contributed by atoms with Gasteiger partial charge in [0.1, 0.15) is 29.3 Å². The van der Waals surface area contributed by atoms with E-state index in [-0.39, 0.29) is 35.9 Å². The molecule has 5 N–H and O–H groups in total. The molecule has 6 heterocycles. The highest BCUT2D eigenvalue weighted by Gasteiger charge is 2.20. The summed E-state index contributed by atoms with van der Waals surface area (Å²) in [6.45, 7) is 23.4. The number of benzene rings is 2. The lowest BCUT2D eigenvalue weighted by Gasteiger charge is -2.28. The van der Waals surface area contributed by atoms with Crippen molar-refractivity contribution in [2.45, 2.75) is 44.7 Å². The number of nitrogens with zero attached hydrogens (tertiary/aromatic N) is 7. The largest absolute Gasteiger partial charge is 0.493 e. The maximum absolute atomic E-state index is 12.6. The number of hydrogen-bond donors (Lipinski definition) is 5. The third kappa shape index (κ3) is 15.2. The highest BCUT2D eigenvalue weighted by atomic mass is 35.5. The molecule has 22 heteroatoms. The third-order valence-corrected chi connectivity index (χ3v) is 13.0. The Morgan fingerprint density at radius 2 is 1.27 bits per heavy atom. The molecule has 0 spiro atoms. The molecule has 0 bridgehead atoms. The minimum atomic E-state index is -0.242. The molecule has 0 aliphatic carbocycles. The lowest BCUT2D eigenvalue weighted by molar-refractivity contribution is -0.114. The second-order valence-corrected chi connectivity index (χ2v) is 18.3. The number of halogens is 2. The fourth-order valence-electron chi connectivity index (χ4n) is 7.62. The summed E-state index contributed by atoms with van der Waals surface area (Å²) in [6, 6.07) is 10.7. The Labute approximate surface area is 428 Å². The number of rotatable bonds is 14. The van der Waals surface area contributed by atoms with Crippen LogP contribution >= 0.6 is 48.0 Å². The number of pyridine rings is 2. The number of methoxy groups -OCH3 is 2. The van der Waals surface area contributed by atoms with Crippen LogP contribution in [0.4, 0.5) is 23.0 Å². The van der Waals surface area contributed by atoms with Crippen LogP contribution in [-0.4, -0.2) is 131 Å². The van der Waals surface area contributed by atoms with Crippen LogP contribution in [0.2, 0.25) is 0 Å². The van der Waals surface area contributed by atoms with Gasteiger partial charge in [-0.2, -0.15) is 0 Å². The number of hydrogen-bond acceptors (Lipinski definition) is 13. The van der Waals surface area contributed by atoms with Gasteiger partial charge in [0.05, 0.1) is 44.2 Å². The molecule has 18 nitrogen and oxygen atoms in total. The molecule has 2 aromatic carbocycles. The molecule has 2 amide bonds. The Balaban J connectivity index is 0.000000216. The lowest BCUT2D eigenvalue weighted by Crippen LogP contribution is -2.32. The predicted octanol–water partition coefficient (Wildman–Crippen LogP) is 9.77. The summed E-state index contributed by atoms with van der Waals surface area (Å²) in [5, 5.41) is 6.23. The number of likely N-dealkylation sites (tertiary alicyclic amines) is 2. The summed E-state index contributed by atoms with van der Waals surface area (Å²) in [7, 11) is 7.50. The Kier molecular flexibility index (Phi) is 20.9. The zero-order valence-electron chi connectivity index (χ0n) is 39.9. The van der Waals surface area contributed by atoms with E-state index in [1.54, 1.807) is 63.0 Å². The standard InChI is InChI=1S/C24H28N6O3S.C16H23ClN2O3.C8H6N4S.ClH/c1-15-22-18(12-26-23(15)25-2)28-24(29-22)34-14-21(31)27-17-5-6-19(32-4)20(11-17)33-13-16-7-9-30(3)10-8-16;1-19-7-5-12(6-8-19)11-22-15-9-13(18-16(20)10-17)3-4-14(15)21-2;1-4-6-5(11-8(13)12-6)3-10-7(4)9-2;/h5-6,11-12,16H,7-10,13-14H2,1,3-4H3,(H,27,31)(H,28,29);3-4,9,12H,5-8,10-11H2,1-2H3,(H,18,20);3H,1H3,(H2,11,12,13);1H. The number of amides is 2. The van der Waals surface area contributed by atoms with Gasteiger partial charge in [0.2, 0.25) is 11.8 Å². The van der Waals surface area contributed by atoms with Crippen molar-refractivity contribution in [1.82, 2.24) is 39.7 Å². The second-order valence-electron chi connectivity index (χ2n) is 16.7. The normalized spacial score (nSPS) is 14.1. The van der Waals surface area contributed by atoms with Gasteiger partial charge in [-0.1, -0.05) is 24.9 Å². The SMILES string of the molecule is COc1ccc(NC(=O)CCl)cc1OCC1CCN(C)CC1.Cl.[C-]#[N+]c1ncc2[nH]c(=S)[nH]c2c1C.[C-]#[N+]c1ncc2[nH]c(SCC(=O)Nc3ccc(OC)c(OCC4CCN(C)CC4)c3)nc2c1C. The number of aromatic amines is 3. The lowest BCUT2D eigenvalue weighted by atomic mass is 9.98. The van der Waals surface area contributed by atoms with Crippen molar-refractivity contribution >= 4 is 105 Å². The van der Waals surface area contributed by atoms with Gasteiger partial charge >= 0.3 is 0 Å². The number of imidazole rings is 2. The van der Waals surface area contributed by atoms with Crippen LogP contribution < -0.4 is 29.6 Å². The van der Waals surface area contributed by atoms with Gasteiger partial charge in [-0.3, -0.25) is 9.59 Å². The second kappa shape index (κ2) is 26.7. The number of alkyl halides is 1. The highest BCUT2D eigenvalue weighted by molar-refractivity contribution is 7.99. The average Bonchev–Trinajstić information content (AvgIpc) is 3.97. The van der Waals surface area contributed by atoms with Gasteiger partial charge < -0.3 is 64.0 Å². The van der Waals surface area contributed by atoms with Crippen LogP contribution in [0, 0.1) is 43.6 Å². The smallest absolute Gasteiger partial charge is 0.274 e. The van der Waals surface area contributed by atoms with Gasteiger partial charge in [0.25, 0.3) is 11.6 Å². The molecular formula is C48H58Cl2N12O6S2. The zero-order chi connectivity index (χ0) is 49.5. The molecule has 0 unspecified atom stereocenters. The quantitative estimate of drug-likeness (QED) is 0.0300. The Morgan fingerprint density at radius 1 is 0.771 bits per heavy atom. The maximum Gasteiger partial charge on any atom is 0.274 e. The van der Waals surface area contributed by atoms with Crippen LogP contribution in [0.5, 0.6) is 23.0 Å². The van der Waals surface area contributed by atoms with Crippen molar-refractivity contribution in [2.75, 3.05) is 90.0 Å². The molecule has 0 atom stereocenters. The fraction of sp³-hybridized carbons (Fsp3) is 0.417. The molecular weight excluding hydrogens is 976 g/mol. The molecule has 2 fully saturated rings. The van der Waals surface area contributed by atoms with Crippen LogP contribution in [0.15, 0.2) is 53.9 Å². The molecule has 2 saturated heterocycles. The van der Waals surface area contributed by atoms with Crippen molar-refractivity contribution in [3.05, 3.63) is 87.5 Å². The number of carbonyl (C=O) groups excluding carboxylic acids is 2. The van der Waals surface area contributed by atoms with Gasteiger partial charge in [-0.05, 0) is 128 Å². The minimum absolute atomic E-state index is 0. The Morgan fingerprint density at radius 3 is 1.77 bits per heavy atom. The predicted molar refractivity (Wildman–Crippen MR) is 281 cm³/mol. The third-order valence-electron chi connectivity index (χ3n) is 11.7. The summed E-state index contributed by atoms with van der Waals surface area (Å²) in [4.78, 5) is 57.0. The van der Waals surface area contributed by atoms with E-state index in [1.165, 1.54) is 11.8 Å². The van der Waals surface area contributed by atoms with Gasteiger partial charge in [0.15, 0.2) is 32.9 Å². The van der Waals surface area contributed by atoms with Gasteiger partial charge in [0, 0.05) is 34.6 Å². The summed E-state index contributed by atoms with van der Waals surface area (Å²) >= 11 is 11.7. The number of carbonyl (C=O) groups is 2. The van der Waals surface area contributed by atoms with Crippen LogP contribution in [0.1, 0.15) is 36.8 Å². The minimum Gasteiger partial charge on any atom is -0.493 e. The van der Waals surface area contributed by atoms with E-state index in [0.717, 1.165) is 79.5 Å². The van der Waals surface area contributed by atoms with Crippen LogP contribution in [0.25, 0.3) is 31.8 Å². The summed E-state index contributed by atoms with van der Waals surface area (Å²) in [5.74, 6) is 4.11. The van der Waals surface area contributed by atoms with E-state index in [9.17, 15) is 9.59 Å². The number of aromatic nitrogens is 6. The van der Waals surface area contributed by atoms with E-state index < -0.39 is 0 Å². The Hall–Kier alpha value is -6.13. The highest BCUT2D eigenvalue weighted by Crippen LogP contribution is 2.34. The van der Waals surface area contributed by atoms with Gasteiger partial charge in [-0.15, -0.1) is 34.0 Å². The number of H-pyrrole nitrogens is 3. The van der Waals surface area contributed by atoms with E-state index >= 15 is 0 Å². The van der Waals surface area contributed by atoms with Gasteiger partial charge in [-0.25, -0.2) is 4.98 Å². The van der Waals surface area contributed by atoms with E-state index in [2.05, 4.69) is 74.1 Å². The molecule has 2 aliphatic heterocycles. The summed E-state index contributed by atoms with van der Waals surface area (Å²) < 4.78 is 23.3. The number of nitrogens with one attached hydrogen (secondary N) is 5. The van der Waals surface area contributed by atoms with Crippen molar-refractivity contribution < 1.29 is 28.5 Å². The molecule has 8 rings (SSSR count). The van der Waals surface area contributed by atoms with E-state index in [0.29, 0.717) is 86.5 Å². The number of fused-ring (bicyclic) bond motifs is 2. The van der Waals surface area contributed by atoms with E-state index in [1.807, 2.05) is 13.8 Å². The number of aryl methyl sites for hydroxylation is 2. The maximum atomic E-state index is 12.6. The Bertz CT molecular complexity index is 2870. The fourth-order valence-corrected chi connectivity index (χ4v) is 8.58. The van der Waals surface area contributed by atoms with Crippen molar-refractivity contribution in [2.24, 2.45) is 11.8 Å². The number of anilines is 2. The van der Waals surface area contributed by atoms with Crippen molar-refractivity contribution in [1.29, 1.82) is 0 Å². The number of thioether (sulfide) groups is 1. The first-order chi connectivity index (χ1) is 33.3. The number of ether oxygens (including phenoxy) is 4. The molecule has 2 aliphatic rings. The molecule has 372 valence electrons. The summed E-state index contributed by atoms with van der Waals surface area (Å²) in [5.41, 5.74) is 6.02. The first-order valence-electron chi connectivity index (χ1n) is 22.3. The monoisotopic (exact) mass is 1030 g/mol. The molecule has 70 heavy (non-hydrogen) atoms. The van der Waals surface area contributed by atoms with Crippen LogP contribution in [0.3, 0.4) is 0 Å².